The summed E-state index contributed by atoms with van der Waals surface area (Å²) in [5.74, 6) is 0.773. The molecule has 0 unspecified atom stereocenters. The minimum atomic E-state index is -0.0685. The van der Waals surface area contributed by atoms with Crippen LogP contribution in [0.15, 0.2) is 48.5 Å². The van der Waals surface area contributed by atoms with Gasteiger partial charge >= 0.3 is 0 Å². The molecule has 7 heteroatoms. The van der Waals surface area contributed by atoms with Crippen LogP contribution in [0.1, 0.15) is 68.3 Å². The quantitative estimate of drug-likeness (QED) is 0.591. The minimum Gasteiger partial charge on any atom is -0.349 e. The van der Waals surface area contributed by atoms with Crippen LogP contribution in [0, 0.1) is 34.0 Å². The maximum absolute atomic E-state index is 13.6. The molecule has 1 atom stereocenters. The molecule has 0 N–H and O–H groups in total. The van der Waals surface area contributed by atoms with Crippen molar-refractivity contribution in [1.82, 2.24) is 14.6 Å². The van der Waals surface area contributed by atoms with Crippen LogP contribution in [0.3, 0.4) is 0 Å². The average molecular weight is 495 g/mol. The molecule has 0 radical (unpaired) electrons. The van der Waals surface area contributed by atoms with Gasteiger partial charge in [-0.15, -0.1) is 0 Å². The molecular weight excluding hydrogens is 457 g/mol. The van der Waals surface area contributed by atoms with Gasteiger partial charge in [0.15, 0.2) is 7.98 Å². The fraction of sp³-hybridized carbons (Fsp3) is 0.500. The van der Waals surface area contributed by atoms with Gasteiger partial charge in [-0.2, -0.15) is 10.5 Å². The lowest BCUT2D eigenvalue weighted by molar-refractivity contribution is -0.141. The van der Waals surface area contributed by atoms with Gasteiger partial charge in [-0.1, -0.05) is 45.0 Å². The molecule has 2 saturated heterocycles. The maximum atomic E-state index is 13.6. The predicted molar refractivity (Wildman–Crippen MR) is 148 cm³/mol. The zero-order chi connectivity index (χ0) is 26.6. The van der Waals surface area contributed by atoms with Gasteiger partial charge in [-0.25, -0.2) is 0 Å². The number of rotatable bonds is 5. The van der Waals surface area contributed by atoms with E-state index in [0.29, 0.717) is 35.9 Å². The van der Waals surface area contributed by atoms with Crippen LogP contribution < -0.4 is 0 Å². The van der Waals surface area contributed by atoms with E-state index in [1.807, 2.05) is 48.5 Å². The van der Waals surface area contributed by atoms with Crippen LogP contribution in [-0.4, -0.2) is 67.3 Å². The molecule has 2 fully saturated rings. The van der Waals surface area contributed by atoms with E-state index in [9.17, 15) is 15.3 Å². The first-order chi connectivity index (χ1) is 17.7. The number of hydrogen-bond donors (Lipinski definition) is 0. The van der Waals surface area contributed by atoms with Crippen molar-refractivity contribution in [2.24, 2.45) is 11.3 Å². The van der Waals surface area contributed by atoms with Gasteiger partial charge in [-0.05, 0) is 72.7 Å². The van der Waals surface area contributed by atoms with Crippen LogP contribution in [0.25, 0.3) is 0 Å². The third kappa shape index (κ3) is 6.42. The molecule has 0 aliphatic carbocycles. The van der Waals surface area contributed by atoms with Gasteiger partial charge in [0.25, 0.3) is 0 Å². The van der Waals surface area contributed by atoms with Crippen molar-refractivity contribution in [2.75, 3.05) is 32.7 Å². The fourth-order valence-corrected chi connectivity index (χ4v) is 5.80. The van der Waals surface area contributed by atoms with Crippen molar-refractivity contribution in [3.63, 3.8) is 0 Å². The highest BCUT2D eigenvalue weighted by Gasteiger charge is 2.40. The highest BCUT2D eigenvalue weighted by Crippen LogP contribution is 2.36. The van der Waals surface area contributed by atoms with Crippen LogP contribution in [-0.2, 0) is 4.79 Å². The number of carbonyl (C=O) groups is 1. The lowest BCUT2D eigenvalue weighted by Gasteiger charge is -2.50. The molecule has 0 bridgehead atoms. The second-order valence-electron chi connectivity index (χ2n) is 11.8. The Morgan fingerprint density at radius 2 is 1.43 bits per heavy atom. The molecule has 2 aromatic carbocycles. The summed E-state index contributed by atoms with van der Waals surface area (Å²) in [6, 6.07) is 20.1. The van der Waals surface area contributed by atoms with Crippen molar-refractivity contribution >= 4 is 13.9 Å². The van der Waals surface area contributed by atoms with Crippen LogP contribution in [0.2, 0.25) is 0 Å². The Balaban J connectivity index is 1.59. The van der Waals surface area contributed by atoms with E-state index >= 15 is 0 Å². The molecule has 192 valence electrons. The largest absolute Gasteiger partial charge is 0.349 e. The molecule has 37 heavy (non-hydrogen) atoms. The number of benzene rings is 2. The smallest absolute Gasteiger partial charge is 0.223 e. The SMILES string of the molecule is BN1CCC(CC(=O)N2CCN(C(c3ccc(C#N)cc3)c3ccc(C#N)cc3)C[C@@H]2C(C)(C)C)CC1. The molecule has 4 rings (SSSR count). The molecule has 0 spiro atoms. The summed E-state index contributed by atoms with van der Waals surface area (Å²) in [6.07, 6.45) is 2.85. The number of nitrogens with zero attached hydrogens (tertiary/aromatic N) is 5. The first-order valence-electron chi connectivity index (χ1n) is 13.4. The van der Waals surface area contributed by atoms with E-state index in [-0.39, 0.29) is 17.5 Å². The standard InChI is InChI=1S/C30H38BN5O/c1-30(2,3)27-21-34(16-17-36(27)28(37)18-22-12-14-35(31)15-13-22)29(25-8-4-23(19-32)5-9-25)26-10-6-24(20-33)7-11-26/h4-11,22,27,29H,12-18,21,31H2,1-3H3/t27-/m1/s1. The van der Waals surface area contributed by atoms with Gasteiger partial charge < -0.3 is 9.71 Å². The minimum absolute atomic E-state index is 0.0172. The van der Waals surface area contributed by atoms with Crippen LogP contribution in [0.4, 0.5) is 0 Å². The molecule has 1 amide bonds. The molecule has 2 heterocycles. The van der Waals surface area contributed by atoms with Crippen molar-refractivity contribution in [3.8, 4) is 12.1 Å². The zero-order valence-electron chi connectivity index (χ0n) is 22.7. The van der Waals surface area contributed by atoms with E-state index in [1.165, 1.54) is 0 Å². The summed E-state index contributed by atoms with van der Waals surface area (Å²) in [5.41, 5.74) is 3.43. The number of carbonyl (C=O) groups excluding carboxylic acids is 1. The topological polar surface area (TPSA) is 74.4 Å². The van der Waals surface area contributed by atoms with Crippen molar-refractivity contribution in [1.29, 1.82) is 10.5 Å². The molecule has 0 saturated carbocycles. The maximum Gasteiger partial charge on any atom is 0.223 e. The van der Waals surface area contributed by atoms with Gasteiger partial charge in [0, 0.05) is 32.1 Å². The summed E-state index contributed by atoms with van der Waals surface area (Å²) >= 11 is 0. The summed E-state index contributed by atoms with van der Waals surface area (Å²) < 4.78 is 0. The average Bonchev–Trinajstić information content (AvgIpc) is 2.90. The van der Waals surface area contributed by atoms with Gasteiger partial charge in [0.05, 0.1) is 29.3 Å². The third-order valence-corrected chi connectivity index (χ3v) is 8.11. The number of nitriles is 2. The van der Waals surface area contributed by atoms with Crippen LogP contribution >= 0.6 is 0 Å². The van der Waals surface area contributed by atoms with Crippen molar-refractivity contribution in [2.45, 2.75) is 52.1 Å². The monoisotopic (exact) mass is 495 g/mol. The van der Waals surface area contributed by atoms with E-state index in [0.717, 1.165) is 50.1 Å². The summed E-state index contributed by atoms with van der Waals surface area (Å²) in [7, 11) is 2.16. The van der Waals surface area contributed by atoms with E-state index in [4.69, 9.17) is 0 Å². The fourth-order valence-electron chi connectivity index (χ4n) is 5.80. The summed E-state index contributed by atoms with van der Waals surface area (Å²) in [6.45, 7) is 11.1. The van der Waals surface area contributed by atoms with E-state index < -0.39 is 0 Å². The van der Waals surface area contributed by atoms with Gasteiger partial charge in [0.2, 0.25) is 5.91 Å². The molecule has 6 nitrogen and oxygen atoms in total. The molecule has 2 aliphatic heterocycles. The number of piperazine rings is 1. The van der Waals surface area contributed by atoms with E-state index in [1.54, 1.807) is 0 Å². The van der Waals surface area contributed by atoms with Crippen molar-refractivity contribution in [3.05, 3.63) is 70.8 Å². The number of piperidine rings is 1. The normalized spacial score (nSPS) is 19.9. The summed E-state index contributed by atoms with van der Waals surface area (Å²) in [5, 5.41) is 18.6. The van der Waals surface area contributed by atoms with Gasteiger partial charge in [0.1, 0.15) is 0 Å². The van der Waals surface area contributed by atoms with Gasteiger partial charge in [-0.3, -0.25) is 9.69 Å². The summed E-state index contributed by atoms with van der Waals surface area (Å²) in [4.78, 5) is 20.6. The Labute approximate surface area is 222 Å². The Bertz CT molecular complexity index is 1090. The molecule has 0 aromatic heterocycles. The van der Waals surface area contributed by atoms with Crippen molar-refractivity contribution < 1.29 is 4.79 Å². The highest BCUT2D eigenvalue weighted by molar-refractivity contribution is 6.04. The first-order valence-corrected chi connectivity index (χ1v) is 13.4. The molecule has 2 aromatic rings. The van der Waals surface area contributed by atoms with E-state index in [2.05, 4.69) is 55.5 Å². The first kappa shape index (κ1) is 26.9. The number of amides is 1. The second-order valence-corrected chi connectivity index (χ2v) is 11.8. The zero-order valence-corrected chi connectivity index (χ0v) is 22.7. The Morgan fingerprint density at radius 1 is 0.919 bits per heavy atom. The lowest BCUT2D eigenvalue weighted by Crippen LogP contribution is -2.60. The molecular formula is C30H38BN5O. The second kappa shape index (κ2) is 11.5. The number of hydrogen-bond acceptors (Lipinski definition) is 5. The third-order valence-electron chi connectivity index (χ3n) is 8.11. The predicted octanol–water partition coefficient (Wildman–Crippen LogP) is 3.73. The Morgan fingerprint density at radius 3 is 1.89 bits per heavy atom. The Kier molecular flexibility index (Phi) is 8.37. The Hall–Kier alpha value is -3.13. The highest BCUT2D eigenvalue weighted by atomic mass is 16.2. The molecule has 2 aliphatic rings. The lowest BCUT2D eigenvalue weighted by atomic mass is 9.82. The van der Waals surface area contributed by atoms with Crippen LogP contribution in [0.5, 0.6) is 0 Å².